The van der Waals surface area contributed by atoms with E-state index in [0.717, 1.165) is 22.4 Å². The first kappa shape index (κ1) is 22.6. The molecule has 0 spiro atoms. The predicted octanol–water partition coefficient (Wildman–Crippen LogP) is 4.41. The highest BCUT2D eigenvalue weighted by Crippen LogP contribution is 2.26. The Hall–Kier alpha value is -3.66. The average molecular weight is 406 g/mol. The van der Waals surface area contributed by atoms with Crippen LogP contribution in [0.25, 0.3) is 5.57 Å². The number of aliphatic imine (C=N–C) groups is 1. The summed E-state index contributed by atoms with van der Waals surface area (Å²) in [6.07, 6.45) is 8.68. The molecule has 0 radical (unpaired) electrons. The Morgan fingerprint density at radius 3 is 2.67 bits per heavy atom. The molecule has 1 aromatic carbocycles. The first-order valence-corrected chi connectivity index (χ1v) is 9.73. The summed E-state index contributed by atoms with van der Waals surface area (Å²) in [5.74, 6) is -0.427. The van der Waals surface area contributed by atoms with Gasteiger partial charge in [0.05, 0.1) is 0 Å². The highest BCUT2D eigenvalue weighted by Gasteiger charge is 2.13. The quantitative estimate of drug-likeness (QED) is 0.272. The summed E-state index contributed by atoms with van der Waals surface area (Å²) in [5.41, 5.74) is 3.39. The molecule has 7 heteroatoms. The lowest BCUT2D eigenvalue weighted by atomic mass is 9.97. The van der Waals surface area contributed by atoms with E-state index in [2.05, 4.69) is 20.6 Å². The fraction of sp³-hybridized carbons (Fsp3) is 0.304. The third kappa shape index (κ3) is 7.76. The van der Waals surface area contributed by atoms with Gasteiger partial charge in [-0.3, -0.25) is 9.78 Å². The van der Waals surface area contributed by atoms with Crippen molar-refractivity contribution in [2.75, 3.05) is 5.32 Å². The monoisotopic (exact) mass is 405 g/mol. The third-order valence-electron chi connectivity index (χ3n) is 4.01. The molecule has 2 aromatic rings. The maximum atomic E-state index is 10.8. The van der Waals surface area contributed by atoms with Gasteiger partial charge >= 0.3 is 5.97 Å². The highest BCUT2D eigenvalue weighted by atomic mass is 16.4. The van der Waals surface area contributed by atoms with Crippen molar-refractivity contribution < 1.29 is 9.90 Å². The predicted molar refractivity (Wildman–Crippen MR) is 119 cm³/mol. The van der Waals surface area contributed by atoms with E-state index < -0.39 is 5.97 Å². The van der Waals surface area contributed by atoms with Gasteiger partial charge in [-0.1, -0.05) is 24.3 Å². The van der Waals surface area contributed by atoms with Crippen LogP contribution < -0.4 is 10.6 Å². The zero-order valence-electron chi connectivity index (χ0n) is 17.5. The minimum atomic E-state index is -0.798. The van der Waals surface area contributed by atoms with Crippen LogP contribution in [0.2, 0.25) is 0 Å². The van der Waals surface area contributed by atoms with Crippen molar-refractivity contribution in [3.05, 3.63) is 66.0 Å². The van der Waals surface area contributed by atoms with E-state index in [1.165, 1.54) is 0 Å². The van der Waals surface area contributed by atoms with E-state index in [-0.39, 0.29) is 12.0 Å². The van der Waals surface area contributed by atoms with Crippen molar-refractivity contribution in [3.8, 4) is 6.19 Å². The van der Waals surface area contributed by atoms with Crippen LogP contribution in [-0.2, 0) is 4.79 Å². The maximum Gasteiger partial charge on any atom is 0.303 e. The Morgan fingerprint density at radius 2 is 2.03 bits per heavy atom. The minimum Gasteiger partial charge on any atom is -0.481 e. The van der Waals surface area contributed by atoms with Gasteiger partial charge in [0, 0.05) is 35.6 Å². The number of pyridine rings is 1. The van der Waals surface area contributed by atoms with Crippen molar-refractivity contribution in [1.29, 1.82) is 5.26 Å². The Bertz CT molecular complexity index is 954. The number of hydrogen-bond acceptors (Lipinski definition) is 4. The van der Waals surface area contributed by atoms with Crippen molar-refractivity contribution in [1.82, 2.24) is 10.3 Å². The van der Waals surface area contributed by atoms with E-state index in [1.54, 1.807) is 12.4 Å². The van der Waals surface area contributed by atoms with Gasteiger partial charge in [-0.25, -0.2) is 0 Å². The molecule has 0 unspecified atom stereocenters. The smallest absolute Gasteiger partial charge is 0.303 e. The second-order valence-electron chi connectivity index (χ2n) is 7.79. The summed E-state index contributed by atoms with van der Waals surface area (Å²) in [4.78, 5) is 18.8. The molecule has 2 rings (SSSR count). The largest absolute Gasteiger partial charge is 0.481 e. The van der Waals surface area contributed by atoms with Crippen LogP contribution in [-0.4, -0.2) is 27.6 Å². The molecule has 30 heavy (non-hydrogen) atoms. The van der Waals surface area contributed by atoms with Crippen LogP contribution in [0.4, 0.5) is 5.69 Å². The van der Waals surface area contributed by atoms with Crippen LogP contribution in [0.15, 0.2) is 59.9 Å². The van der Waals surface area contributed by atoms with Crippen LogP contribution in [0.1, 0.15) is 51.2 Å². The van der Waals surface area contributed by atoms with Gasteiger partial charge in [0.2, 0.25) is 12.2 Å². The topological polar surface area (TPSA) is 110 Å². The summed E-state index contributed by atoms with van der Waals surface area (Å²) in [6.45, 7) is 5.95. The highest BCUT2D eigenvalue weighted by molar-refractivity contribution is 5.95. The van der Waals surface area contributed by atoms with Gasteiger partial charge in [-0.15, -0.1) is 4.99 Å². The molecule has 1 heterocycles. The standard InChI is InChI=1S/C23H27N5O2/c1-23(2,3)28-22(26-16-24)27-19-10-6-8-17(14-19)20(11-4-5-12-21(29)30)18-9-7-13-25-15-18/h6-11,13-15H,4-5,12H2,1-3H3,(H,29,30)(H2,26,27,28)/b20-11-. The van der Waals surface area contributed by atoms with Crippen molar-refractivity contribution in [2.45, 2.75) is 45.6 Å². The van der Waals surface area contributed by atoms with E-state index in [4.69, 9.17) is 10.4 Å². The Kier molecular flexibility index (Phi) is 8.12. The number of aliphatic carboxylic acids is 1. The minimum absolute atomic E-state index is 0.130. The number of nitrogens with zero attached hydrogens (tertiary/aromatic N) is 3. The van der Waals surface area contributed by atoms with Gasteiger partial charge < -0.3 is 15.7 Å². The fourth-order valence-electron chi connectivity index (χ4n) is 2.82. The number of unbranched alkanes of at least 4 members (excludes halogenated alkanes) is 1. The summed E-state index contributed by atoms with van der Waals surface area (Å²) < 4.78 is 0. The summed E-state index contributed by atoms with van der Waals surface area (Å²) in [5, 5.41) is 24.2. The van der Waals surface area contributed by atoms with Gasteiger partial charge in [0.25, 0.3) is 0 Å². The molecular weight excluding hydrogens is 378 g/mol. The van der Waals surface area contributed by atoms with Gasteiger partial charge in [0.1, 0.15) is 0 Å². The number of benzene rings is 1. The van der Waals surface area contributed by atoms with Crippen LogP contribution in [0.5, 0.6) is 0 Å². The zero-order valence-corrected chi connectivity index (χ0v) is 17.5. The SMILES string of the molecule is CC(C)(C)N/C(=N/C#N)Nc1cccc(/C(=C/CCCC(=O)O)c2cccnc2)c1. The van der Waals surface area contributed by atoms with Crippen molar-refractivity contribution >= 4 is 23.2 Å². The second-order valence-corrected chi connectivity index (χ2v) is 7.79. The van der Waals surface area contributed by atoms with Crippen LogP contribution in [0, 0.1) is 11.5 Å². The van der Waals surface area contributed by atoms with Crippen molar-refractivity contribution in [3.63, 3.8) is 0 Å². The lowest BCUT2D eigenvalue weighted by molar-refractivity contribution is -0.137. The number of allylic oxidation sites excluding steroid dienone is 1. The van der Waals surface area contributed by atoms with Crippen LogP contribution in [0.3, 0.4) is 0 Å². The van der Waals surface area contributed by atoms with Gasteiger partial charge in [0.15, 0.2) is 0 Å². The molecule has 1 aromatic heterocycles. The molecule has 0 aliphatic carbocycles. The van der Waals surface area contributed by atoms with E-state index in [1.807, 2.05) is 69.4 Å². The number of rotatable bonds is 7. The second kappa shape index (κ2) is 10.8. The van der Waals surface area contributed by atoms with E-state index in [9.17, 15) is 4.79 Å². The number of nitrogens with one attached hydrogen (secondary N) is 2. The molecule has 7 nitrogen and oxygen atoms in total. The molecule has 0 aliphatic heterocycles. The summed E-state index contributed by atoms with van der Waals surface area (Å²) >= 11 is 0. The van der Waals surface area contributed by atoms with Gasteiger partial charge in [-0.2, -0.15) is 5.26 Å². The number of hydrogen-bond donors (Lipinski definition) is 3. The number of guanidine groups is 1. The number of nitriles is 1. The zero-order chi connectivity index (χ0) is 22.0. The van der Waals surface area contributed by atoms with E-state index >= 15 is 0 Å². The lowest BCUT2D eigenvalue weighted by Crippen LogP contribution is -2.44. The first-order valence-electron chi connectivity index (χ1n) is 9.73. The number of aromatic nitrogens is 1. The number of anilines is 1. The Labute approximate surface area is 177 Å². The molecular formula is C23H27N5O2. The molecule has 0 saturated carbocycles. The average Bonchev–Trinajstić information content (AvgIpc) is 2.67. The number of carbonyl (C=O) groups is 1. The van der Waals surface area contributed by atoms with Crippen LogP contribution >= 0.6 is 0 Å². The molecule has 156 valence electrons. The number of carboxylic acids is 1. The Morgan fingerprint density at radius 1 is 1.27 bits per heavy atom. The maximum absolute atomic E-state index is 10.8. The van der Waals surface area contributed by atoms with Crippen molar-refractivity contribution in [2.24, 2.45) is 4.99 Å². The molecule has 0 amide bonds. The summed E-state index contributed by atoms with van der Waals surface area (Å²) in [7, 11) is 0. The van der Waals surface area contributed by atoms with Gasteiger partial charge in [-0.05, 0) is 62.9 Å². The fourth-order valence-corrected chi connectivity index (χ4v) is 2.82. The number of carboxylic acid groups (broad SMARTS) is 1. The lowest BCUT2D eigenvalue weighted by Gasteiger charge is -2.23. The third-order valence-corrected chi connectivity index (χ3v) is 4.01. The molecule has 0 saturated heterocycles. The summed E-state index contributed by atoms with van der Waals surface area (Å²) in [6, 6.07) is 11.6. The molecule has 0 atom stereocenters. The molecule has 0 fully saturated rings. The molecule has 0 aliphatic rings. The molecule has 0 bridgehead atoms. The first-order chi connectivity index (χ1) is 14.3. The molecule has 3 N–H and O–H groups in total. The normalized spacial score (nSPS) is 12.2. The van der Waals surface area contributed by atoms with E-state index in [0.29, 0.717) is 18.8 Å². The Balaban J connectivity index is 2.32.